The summed E-state index contributed by atoms with van der Waals surface area (Å²) >= 11 is 6.34. The minimum absolute atomic E-state index is 0.366. The van der Waals surface area contributed by atoms with E-state index in [-0.39, 0.29) is 0 Å². The highest BCUT2D eigenvalue weighted by Crippen LogP contribution is 2.37. The summed E-state index contributed by atoms with van der Waals surface area (Å²) in [6, 6.07) is 6.17. The highest BCUT2D eigenvalue weighted by Gasteiger charge is 2.25. The Morgan fingerprint density at radius 2 is 2.05 bits per heavy atom. The van der Waals surface area contributed by atoms with E-state index in [1.54, 1.807) is 0 Å². The average molecular weight is 278 g/mol. The van der Waals surface area contributed by atoms with Crippen LogP contribution in [0.1, 0.15) is 45.1 Å². The van der Waals surface area contributed by atoms with Gasteiger partial charge >= 0.3 is 0 Å². The maximum atomic E-state index is 6.34. The van der Waals surface area contributed by atoms with Crippen molar-refractivity contribution in [2.45, 2.75) is 45.1 Å². The first-order valence-electron chi connectivity index (χ1n) is 7.10. The van der Waals surface area contributed by atoms with E-state index in [0.717, 1.165) is 16.1 Å². The molecular formula is C15H20ClN3. The SMILES string of the molecule is CC(C1CCCCC1)n1c(N)nc2cccc(Cl)c21. The van der Waals surface area contributed by atoms with Gasteiger partial charge in [0.15, 0.2) is 0 Å². The predicted octanol–water partition coefficient (Wildman–Crippen LogP) is 4.41. The molecule has 4 heteroatoms. The van der Waals surface area contributed by atoms with Gasteiger partial charge in [-0.1, -0.05) is 36.9 Å². The van der Waals surface area contributed by atoms with Crippen LogP contribution in [-0.2, 0) is 0 Å². The molecule has 1 aliphatic rings. The minimum Gasteiger partial charge on any atom is -0.369 e. The van der Waals surface area contributed by atoms with Gasteiger partial charge in [0.2, 0.25) is 5.95 Å². The molecule has 0 aliphatic heterocycles. The van der Waals surface area contributed by atoms with Crippen LogP contribution in [0.4, 0.5) is 5.95 Å². The molecule has 102 valence electrons. The zero-order valence-electron chi connectivity index (χ0n) is 11.3. The fourth-order valence-corrected chi connectivity index (χ4v) is 3.62. The molecule has 0 bridgehead atoms. The number of rotatable bonds is 2. The van der Waals surface area contributed by atoms with Crippen LogP contribution in [-0.4, -0.2) is 9.55 Å². The molecule has 3 nitrogen and oxygen atoms in total. The van der Waals surface area contributed by atoms with Crippen molar-refractivity contribution in [1.82, 2.24) is 9.55 Å². The molecule has 1 unspecified atom stereocenters. The van der Waals surface area contributed by atoms with Crippen molar-refractivity contribution < 1.29 is 0 Å². The van der Waals surface area contributed by atoms with Crippen LogP contribution in [0.5, 0.6) is 0 Å². The number of nitrogen functional groups attached to an aromatic ring is 1. The van der Waals surface area contributed by atoms with Crippen LogP contribution >= 0.6 is 11.6 Å². The number of para-hydroxylation sites is 1. The summed E-state index contributed by atoms with van der Waals surface area (Å²) in [5, 5.41) is 0.740. The number of halogens is 1. The zero-order valence-corrected chi connectivity index (χ0v) is 12.0. The summed E-state index contributed by atoms with van der Waals surface area (Å²) in [5.74, 6) is 1.27. The Morgan fingerprint density at radius 3 is 2.79 bits per heavy atom. The van der Waals surface area contributed by atoms with Crippen molar-refractivity contribution in [3.8, 4) is 0 Å². The fourth-order valence-electron chi connectivity index (χ4n) is 3.36. The van der Waals surface area contributed by atoms with Crippen LogP contribution in [0.3, 0.4) is 0 Å². The number of fused-ring (bicyclic) bond motifs is 1. The first-order valence-corrected chi connectivity index (χ1v) is 7.48. The van der Waals surface area contributed by atoms with E-state index in [1.807, 2.05) is 18.2 Å². The molecular weight excluding hydrogens is 258 g/mol. The molecule has 1 atom stereocenters. The Labute approximate surface area is 118 Å². The van der Waals surface area contributed by atoms with Crippen molar-refractivity contribution in [2.24, 2.45) is 5.92 Å². The third-order valence-corrected chi connectivity index (χ3v) is 4.73. The lowest BCUT2D eigenvalue weighted by molar-refractivity contribution is 0.269. The van der Waals surface area contributed by atoms with E-state index in [2.05, 4.69) is 16.5 Å². The molecule has 3 rings (SSSR count). The molecule has 2 N–H and O–H groups in total. The van der Waals surface area contributed by atoms with Crippen molar-refractivity contribution in [2.75, 3.05) is 5.73 Å². The Morgan fingerprint density at radius 1 is 1.32 bits per heavy atom. The van der Waals surface area contributed by atoms with E-state index in [0.29, 0.717) is 17.9 Å². The molecule has 1 aromatic heterocycles. The van der Waals surface area contributed by atoms with E-state index in [1.165, 1.54) is 32.1 Å². The quantitative estimate of drug-likeness (QED) is 0.883. The van der Waals surface area contributed by atoms with Crippen LogP contribution in [0.25, 0.3) is 11.0 Å². The molecule has 19 heavy (non-hydrogen) atoms. The number of anilines is 1. The lowest BCUT2D eigenvalue weighted by atomic mass is 9.84. The number of nitrogens with zero attached hydrogens (tertiary/aromatic N) is 2. The molecule has 0 spiro atoms. The predicted molar refractivity (Wildman–Crippen MR) is 80.4 cm³/mol. The first kappa shape index (κ1) is 12.8. The summed E-state index contributed by atoms with van der Waals surface area (Å²) in [6.07, 6.45) is 6.59. The van der Waals surface area contributed by atoms with Crippen molar-refractivity contribution in [1.29, 1.82) is 0 Å². The average Bonchev–Trinajstić information content (AvgIpc) is 2.76. The number of imidazole rings is 1. The summed E-state index contributed by atoms with van der Waals surface area (Å²) in [6.45, 7) is 2.25. The first-order chi connectivity index (χ1) is 9.18. The van der Waals surface area contributed by atoms with Crippen LogP contribution < -0.4 is 5.73 Å². The number of nitrogens with two attached hydrogens (primary N) is 1. The Hall–Kier alpha value is -1.22. The van der Waals surface area contributed by atoms with Crippen molar-refractivity contribution in [3.05, 3.63) is 23.2 Å². The molecule has 1 fully saturated rings. The van der Waals surface area contributed by atoms with Crippen LogP contribution in [0.15, 0.2) is 18.2 Å². The summed E-state index contributed by atoms with van der Waals surface area (Å²) < 4.78 is 2.13. The number of hydrogen-bond acceptors (Lipinski definition) is 2. The van der Waals surface area contributed by atoms with E-state index in [4.69, 9.17) is 17.3 Å². The second kappa shape index (κ2) is 5.04. The monoisotopic (exact) mass is 277 g/mol. The summed E-state index contributed by atoms with van der Waals surface area (Å²) in [5.41, 5.74) is 8.00. The molecule has 1 saturated carbocycles. The summed E-state index contributed by atoms with van der Waals surface area (Å²) in [7, 11) is 0. The maximum Gasteiger partial charge on any atom is 0.201 e. The Bertz CT molecular complexity index is 584. The molecule has 2 aromatic rings. The number of aromatic nitrogens is 2. The van der Waals surface area contributed by atoms with Crippen LogP contribution in [0, 0.1) is 5.92 Å². The Kier molecular flexibility index (Phi) is 3.40. The lowest BCUT2D eigenvalue weighted by Gasteiger charge is -2.29. The standard InChI is InChI=1S/C15H20ClN3/c1-10(11-6-3-2-4-7-11)19-14-12(16)8-5-9-13(14)18-15(19)17/h5,8-11H,2-4,6-7H2,1H3,(H2,17,18). The van der Waals surface area contributed by atoms with Gasteiger partial charge in [-0.25, -0.2) is 4.98 Å². The van der Waals surface area contributed by atoms with Crippen molar-refractivity contribution in [3.63, 3.8) is 0 Å². The van der Waals surface area contributed by atoms with Gasteiger partial charge in [0, 0.05) is 6.04 Å². The molecule has 1 aliphatic carbocycles. The zero-order chi connectivity index (χ0) is 13.4. The largest absolute Gasteiger partial charge is 0.369 e. The van der Waals surface area contributed by atoms with E-state index >= 15 is 0 Å². The number of hydrogen-bond donors (Lipinski definition) is 1. The fraction of sp³-hybridized carbons (Fsp3) is 0.533. The van der Waals surface area contributed by atoms with Gasteiger partial charge in [0.25, 0.3) is 0 Å². The highest BCUT2D eigenvalue weighted by molar-refractivity contribution is 6.35. The molecule has 1 aromatic carbocycles. The van der Waals surface area contributed by atoms with Gasteiger partial charge in [0.1, 0.15) is 0 Å². The molecule has 0 saturated heterocycles. The third-order valence-electron chi connectivity index (χ3n) is 4.43. The second-order valence-corrected chi connectivity index (χ2v) is 5.99. The van der Waals surface area contributed by atoms with E-state index in [9.17, 15) is 0 Å². The number of benzene rings is 1. The normalized spacial score (nSPS) is 18.8. The molecule has 0 radical (unpaired) electrons. The van der Waals surface area contributed by atoms with Crippen LogP contribution in [0.2, 0.25) is 5.02 Å². The van der Waals surface area contributed by atoms with E-state index < -0.39 is 0 Å². The van der Waals surface area contributed by atoms with Gasteiger partial charge in [-0.15, -0.1) is 0 Å². The van der Waals surface area contributed by atoms with Gasteiger partial charge < -0.3 is 10.3 Å². The van der Waals surface area contributed by atoms with Crippen molar-refractivity contribution >= 4 is 28.6 Å². The minimum atomic E-state index is 0.366. The molecule has 0 amide bonds. The van der Waals surface area contributed by atoms with Gasteiger partial charge in [-0.3, -0.25) is 0 Å². The highest BCUT2D eigenvalue weighted by atomic mass is 35.5. The van der Waals surface area contributed by atoms with Gasteiger partial charge in [-0.05, 0) is 37.8 Å². The van der Waals surface area contributed by atoms with Gasteiger partial charge in [0.05, 0.1) is 16.1 Å². The maximum absolute atomic E-state index is 6.34. The second-order valence-electron chi connectivity index (χ2n) is 5.59. The summed E-state index contributed by atoms with van der Waals surface area (Å²) in [4.78, 5) is 4.45. The van der Waals surface area contributed by atoms with Gasteiger partial charge in [-0.2, -0.15) is 0 Å². The lowest BCUT2D eigenvalue weighted by Crippen LogP contribution is -2.20. The topological polar surface area (TPSA) is 43.8 Å². The third kappa shape index (κ3) is 2.20. The smallest absolute Gasteiger partial charge is 0.201 e. The Balaban J connectivity index is 2.05. The molecule has 1 heterocycles.